The van der Waals surface area contributed by atoms with Gasteiger partial charge in [0, 0.05) is 11.8 Å². The fourth-order valence-electron chi connectivity index (χ4n) is 2.66. The smallest absolute Gasteiger partial charge is 0.138 e. The summed E-state index contributed by atoms with van der Waals surface area (Å²) in [5.74, 6) is 1.54. The van der Waals surface area contributed by atoms with Crippen LogP contribution in [0.1, 0.15) is 30.0 Å². The molecule has 0 saturated carbocycles. The predicted octanol–water partition coefficient (Wildman–Crippen LogP) is 4.55. The van der Waals surface area contributed by atoms with E-state index in [1.165, 1.54) is 5.56 Å². The summed E-state index contributed by atoms with van der Waals surface area (Å²) in [5, 5.41) is 9.36. The molecule has 0 aliphatic carbocycles. The van der Waals surface area contributed by atoms with Gasteiger partial charge in [-0.15, -0.1) is 0 Å². The summed E-state index contributed by atoms with van der Waals surface area (Å²) < 4.78 is 11.7. The van der Waals surface area contributed by atoms with Crippen LogP contribution in [0.4, 0.5) is 0 Å². The summed E-state index contributed by atoms with van der Waals surface area (Å²) in [6.45, 7) is 2.76. The molecule has 140 valence electrons. The van der Waals surface area contributed by atoms with Crippen LogP contribution in [0.2, 0.25) is 0 Å². The van der Waals surface area contributed by atoms with Gasteiger partial charge in [0.1, 0.15) is 24.7 Å². The number of benzene rings is 2. The topological polar surface area (TPSA) is 51.6 Å². The lowest BCUT2D eigenvalue weighted by molar-refractivity contribution is 0.185. The Morgan fingerprint density at radius 3 is 2.26 bits per heavy atom. The fraction of sp³-hybridized carbons (Fsp3) is 0.261. The van der Waals surface area contributed by atoms with Crippen LogP contribution in [0.3, 0.4) is 0 Å². The number of pyridine rings is 1. The third-order valence-corrected chi connectivity index (χ3v) is 4.20. The fourth-order valence-corrected chi connectivity index (χ4v) is 2.66. The molecule has 3 rings (SSSR count). The third-order valence-electron chi connectivity index (χ3n) is 4.20. The lowest BCUT2D eigenvalue weighted by Crippen LogP contribution is -2.01. The first-order valence-electron chi connectivity index (χ1n) is 9.19. The zero-order valence-electron chi connectivity index (χ0n) is 15.5. The van der Waals surface area contributed by atoms with Crippen molar-refractivity contribution >= 4 is 0 Å². The molecule has 0 saturated heterocycles. The number of aromatic nitrogens is 1. The van der Waals surface area contributed by atoms with Gasteiger partial charge in [-0.05, 0) is 49.1 Å². The van der Waals surface area contributed by atoms with E-state index in [9.17, 15) is 5.11 Å². The zero-order valence-corrected chi connectivity index (χ0v) is 15.5. The van der Waals surface area contributed by atoms with Crippen molar-refractivity contribution in [3.8, 4) is 11.5 Å². The van der Waals surface area contributed by atoms with Crippen molar-refractivity contribution in [3.05, 3.63) is 89.7 Å². The molecule has 1 atom stereocenters. The second-order valence-electron chi connectivity index (χ2n) is 6.62. The van der Waals surface area contributed by atoms with E-state index in [0.29, 0.717) is 13.2 Å². The minimum Gasteiger partial charge on any atom is -0.489 e. The Hall–Kier alpha value is -2.85. The second kappa shape index (κ2) is 9.74. The molecule has 4 nitrogen and oxygen atoms in total. The van der Waals surface area contributed by atoms with E-state index >= 15 is 0 Å². The summed E-state index contributed by atoms with van der Waals surface area (Å²) in [6.07, 6.45) is 4.85. The highest BCUT2D eigenvalue weighted by Crippen LogP contribution is 2.18. The number of aliphatic hydroxyl groups is 1. The van der Waals surface area contributed by atoms with Gasteiger partial charge in [0.15, 0.2) is 0 Å². The summed E-state index contributed by atoms with van der Waals surface area (Å²) in [4.78, 5) is 4.24. The Morgan fingerprint density at radius 2 is 1.52 bits per heavy atom. The monoisotopic (exact) mass is 363 g/mol. The van der Waals surface area contributed by atoms with Gasteiger partial charge in [0.05, 0.1) is 12.3 Å². The largest absolute Gasteiger partial charge is 0.489 e. The third kappa shape index (κ3) is 6.42. The minimum atomic E-state index is -0.273. The summed E-state index contributed by atoms with van der Waals surface area (Å²) in [6, 6.07) is 20.0. The van der Waals surface area contributed by atoms with Gasteiger partial charge in [-0.3, -0.25) is 4.98 Å². The van der Waals surface area contributed by atoms with Crippen LogP contribution in [0.5, 0.6) is 11.5 Å². The molecule has 27 heavy (non-hydrogen) atoms. The van der Waals surface area contributed by atoms with E-state index in [1.807, 2.05) is 67.6 Å². The molecule has 1 aromatic heterocycles. The van der Waals surface area contributed by atoms with Crippen molar-refractivity contribution in [2.24, 2.45) is 0 Å². The van der Waals surface area contributed by atoms with Crippen LogP contribution in [0.25, 0.3) is 0 Å². The molecule has 0 spiro atoms. The molecule has 1 unspecified atom stereocenters. The number of aliphatic hydroxyl groups excluding tert-OH is 1. The molecule has 1 N–H and O–H groups in total. The Morgan fingerprint density at radius 1 is 0.815 bits per heavy atom. The maximum atomic E-state index is 9.36. The van der Waals surface area contributed by atoms with Gasteiger partial charge < -0.3 is 14.6 Å². The molecule has 2 aromatic carbocycles. The Bertz CT molecular complexity index is 817. The minimum absolute atomic E-state index is 0.273. The van der Waals surface area contributed by atoms with Gasteiger partial charge >= 0.3 is 0 Å². The zero-order chi connectivity index (χ0) is 18.9. The van der Waals surface area contributed by atoms with E-state index < -0.39 is 0 Å². The quantitative estimate of drug-likeness (QED) is 0.606. The van der Waals surface area contributed by atoms with Gasteiger partial charge in [0.2, 0.25) is 0 Å². The molecule has 4 heteroatoms. The summed E-state index contributed by atoms with van der Waals surface area (Å²) >= 11 is 0. The van der Waals surface area contributed by atoms with E-state index in [2.05, 4.69) is 4.98 Å². The number of rotatable bonds is 9. The van der Waals surface area contributed by atoms with E-state index in [1.54, 1.807) is 12.4 Å². The van der Waals surface area contributed by atoms with Crippen LogP contribution in [0, 0.1) is 0 Å². The average Bonchev–Trinajstić information content (AvgIpc) is 2.71. The van der Waals surface area contributed by atoms with Gasteiger partial charge in [-0.1, -0.05) is 42.5 Å². The summed E-state index contributed by atoms with van der Waals surface area (Å²) in [5.41, 5.74) is 3.27. The Balaban J connectivity index is 1.50. The van der Waals surface area contributed by atoms with Gasteiger partial charge in [-0.25, -0.2) is 0 Å². The number of nitrogens with zero attached hydrogens (tertiary/aromatic N) is 1. The SMILES string of the molecule is CC(O)CCc1ccc(OCc2cncc(OCc3ccccc3)c2)cc1. The number of hydrogen-bond donors (Lipinski definition) is 1. The van der Waals surface area contributed by atoms with E-state index in [-0.39, 0.29) is 6.10 Å². The molecular weight excluding hydrogens is 338 g/mol. The highest BCUT2D eigenvalue weighted by atomic mass is 16.5. The molecule has 0 amide bonds. The van der Waals surface area contributed by atoms with Crippen molar-refractivity contribution < 1.29 is 14.6 Å². The second-order valence-corrected chi connectivity index (χ2v) is 6.62. The highest BCUT2D eigenvalue weighted by molar-refractivity contribution is 5.29. The van der Waals surface area contributed by atoms with E-state index in [0.717, 1.165) is 35.5 Å². The molecule has 3 aromatic rings. The molecule has 0 fully saturated rings. The van der Waals surface area contributed by atoms with Gasteiger partial charge in [0.25, 0.3) is 0 Å². The van der Waals surface area contributed by atoms with Crippen LogP contribution in [-0.2, 0) is 19.6 Å². The van der Waals surface area contributed by atoms with Crippen LogP contribution < -0.4 is 9.47 Å². The number of ether oxygens (including phenoxy) is 2. The average molecular weight is 363 g/mol. The lowest BCUT2D eigenvalue weighted by atomic mass is 10.1. The van der Waals surface area contributed by atoms with Crippen molar-refractivity contribution in [2.75, 3.05) is 0 Å². The first kappa shape index (κ1) is 18.9. The molecule has 0 aliphatic rings. The van der Waals surface area contributed by atoms with Crippen molar-refractivity contribution in [1.82, 2.24) is 4.98 Å². The summed E-state index contributed by atoms with van der Waals surface area (Å²) in [7, 11) is 0. The van der Waals surface area contributed by atoms with E-state index in [4.69, 9.17) is 9.47 Å². The van der Waals surface area contributed by atoms with Gasteiger partial charge in [-0.2, -0.15) is 0 Å². The molecule has 0 bridgehead atoms. The first-order chi connectivity index (χ1) is 13.2. The standard InChI is InChI=1S/C23H25NO3/c1-18(25)7-8-19-9-11-22(12-10-19)26-17-21-13-23(15-24-14-21)27-16-20-5-3-2-4-6-20/h2-6,9-15,18,25H,7-8,16-17H2,1H3. The Kier molecular flexibility index (Phi) is 6.83. The van der Waals surface area contributed by atoms with Crippen molar-refractivity contribution in [1.29, 1.82) is 0 Å². The normalized spacial score (nSPS) is 11.8. The molecule has 0 aliphatic heterocycles. The predicted molar refractivity (Wildman–Crippen MR) is 106 cm³/mol. The highest BCUT2D eigenvalue weighted by Gasteiger charge is 2.02. The Labute approximate surface area is 160 Å². The molecular formula is C23H25NO3. The van der Waals surface area contributed by atoms with Crippen LogP contribution in [0.15, 0.2) is 73.1 Å². The number of hydrogen-bond acceptors (Lipinski definition) is 4. The number of aryl methyl sites for hydroxylation is 1. The van der Waals surface area contributed by atoms with Crippen LogP contribution in [-0.4, -0.2) is 16.2 Å². The lowest BCUT2D eigenvalue weighted by Gasteiger charge is -2.10. The maximum Gasteiger partial charge on any atom is 0.138 e. The van der Waals surface area contributed by atoms with Crippen molar-refractivity contribution in [2.45, 2.75) is 39.1 Å². The maximum absolute atomic E-state index is 9.36. The first-order valence-corrected chi connectivity index (χ1v) is 9.19. The molecule has 1 heterocycles. The molecule has 0 radical (unpaired) electrons. The van der Waals surface area contributed by atoms with Crippen molar-refractivity contribution in [3.63, 3.8) is 0 Å². The van der Waals surface area contributed by atoms with Crippen LogP contribution >= 0.6 is 0 Å².